The number of ether oxygens (including phenoxy) is 2. The lowest BCUT2D eigenvalue weighted by Crippen LogP contribution is -2.36. The molecule has 2 aromatic heterocycles. The van der Waals surface area contributed by atoms with Crippen LogP contribution < -0.4 is 11.5 Å². The molecule has 3 aliphatic carbocycles. The number of hydrogen-bond acceptors (Lipinski definition) is 16. The Morgan fingerprint density at radius 1 is 0.844 bits per heavy atom. The van der Waals surface area contributed by atoms with E-state index in [0.29, 0.717) is 65.2 Å². The molecule has 2 heterocycles. The van der Waals surface area contributed by atoms with Crippen molar-refractivity contribution < 1.29 is 38.9 Å². The van der Waals surface area contributed by atoms with E-state index in [1.807, 2.05) is 13.8 Å². The summed E-state index contributed by atoms with van der Waals surface area (Å²) in [4.78, 5) is 70.4. The van der Waals surface area contributed by atoms with Crippen LogP contribution in [0.25, 0.3) is 0 Å². The monoisotopic (exact) mass is 1100 g/mol. The molecular weight excluding hydrogens is 1010 g/mol. The summed E-state index contributed by atoms with van der Waals surface area (Å²) in [5.41, 5.74) is 18.6. The Labute approximate surface area is 467 Å². The van der Waals surface area contributed by atoms with Crippen molar-refractivity contribution in [1.82, 2.24) is 29.7 Å². The Morgan fingerprint density at radius 2 is 1.35 bits per heavy atom. The molecule has 0 aromatic carbocycles. The van der Waals surface area contributed by atoms with Crippen molar-refractivity contribution in [1.29, 1.82) is 0 Å². The van der Waals surface area contributed by atoms with Crippen LogP contribution in [0, 0.1) is 48.9 Å². The van der Waals surface area contributed by atoms with Crippen LogP contribution >= 0.6 is 21.6 Å². The molecular formula is C59H90N8O8S2. The van der Waals surface area contributed by atoms with Crippen LogP contribution in [0.2, 0.25) is 0 Å². The first-order valence-electron chi connectivity index (χ1n) is 27.4. The molecule has 3 aliphatic rings. The summed E-state index contributed by atoms with van der Waals surface area (Å²) < 4.78 is 10.9. The van der Waals surface area contributed by atoms with Gasteiger partial charge in [-0.05, 0) is 128 Å². The average Bonchev–Trinajstić information content (AvgIpc) is 3.75. The summed E-state index contributed by atoms with van der Waals surface area (Å²) in [7, 11) is 2.69. The van der Waals surface area contributed by atoms with Crippen LogP contribution in [0.5, 0.6) is 0 Å². The van der Waals surface area contributed by atoms with Gasteiger partial charge < -0.3 is 41.0 Å². The van der Waals surface area contributed by atoms with Gasteiger partial charge in [-0.1, -0.05) is 106 Å². The Morgan fingerprint density at radius 3 is 1.81 bits per heavy atom. The maximum atomic E-state index is 12.3. The molecule has 0 saturated heterocycles. The highest BCUT2D eigenvalue weighted by molar-refractivity contribution is 8.79. The van der Waals surface area contributed by atoms with Crippen LogP contribution in [0.1, 0.15) is 175 Å². The zero-order valence-corrected chi connectivity index (χ0v) is 49.8. The third-order valence-electron chi connectivity index (χ3n) is 15.3. The lowest BCUT2D eigenvalue weighted by molar-refractivity contribution is -0.148. The minimum Gasteiger partial charge on any atom is -0.465 e. The fourth-order valence-corrected chi connectivity index (χ4v) is 13.4. The van der Waals surface area contributed by atoms with E-state index >= 15 is 0 Å². The van der Waals surface area contributed by atoms with Gasteiger partial charge in [-0.3, -0.25) is 19.2 Å². The zero-order valence-electron chi connectivity index (χ0n) is 48.2. The predicted octanol–water partition coefficient (Wildman–Crippen LogP) is 11.4. The van der Waals surface area contributed by atoms with E-state index < -0.39 is 5.60 Å². The predicted molar refractivity (Wildman–Crippen MR) is 310 cm³/mol. The molecule has 18 heteroatoms. The fourth-order valence-electron chi connectivity index (χ4n) is 10.6. The second-order valence-electron chi connectivity index (χ2n) is 22.7. The molecule has 0 radical (unpaired) electrons. The van der Waals surface area contributed by atoms with Gasteiger partial charge in [-0.15, -0.1) is 0 Å². The Kier molecular flexibility index (Phi) is 25.4. The summed E-state index contributed by atoms with van der Waals surface area (Å²) in [6.45, 7) is 27.5. The highest BCUT2D eigenvalue weighted by Crippen LogP contribution is 2.60. The Bertz CT molecular complexity index is 2370. The number of carbonyl (C=O) groups excluding carboxylic acids is 4. The number of carbonyl (C=O) groups is 4. The number of nitrogen functional groups attached to an aromatic ring is 2. The van der Waals surface area contributed by atoms with Crippen LogP contribution in [-0.4, -0.2) is 89.6 Å². The van der Waals surface area contributed by atoms with E-state index in [4.69, 9.17) is 20.9 Å². The molecule has 16 nitrogen and oxygen atoms in total. The molecule has 0 bridgehead atoms. The molecule has 5 atom stereocenters. The van der Waals surface area contributed by atoms with Crippen molar-refractivity contribution in [2.45, 2.75) is 191 Å². The highest BCUT2D eigenvalue weighted by atomic mass is 33.1. The number of aliphatic hydroxyl groups excluding tert-OH is 1. The van der Waals surface area contributed by atoms with Gasteiger partial charge in [0.2, 0.25) is 12.8 Å². The number of allylic oxidation sites excluding steroid dienone is 6. The van der Waals surface area contributed by atoms with Gasteiger partial charge in [0.1, 0.15) is 23.3 Å². The number of amides is 2. The van der Waals surface area contributed by atoms with E-state index in [1.165, 1.54) is 81.1 Å². The minimum atomic E-state index is -0.535. The molecule has 0 unspecified atom stereocenters. The molecule has 3 saturated carbocycles. The van der Waals surface area contributed by atoms with Crippen molar-refractivity contribution in [3.8, 4) is 0 Å². The van der Waals surface area contributed by atoms with Gasteiger partial charge >= 0.3 is 11.9 Å². The van der Waals surface area contributed by atoms with Gasteiger partial charge in [0.25, 0.3) is 0 Å². The summed E-state index contributed by atoms with van der Waals surface area (Å²) in [6.07, 6.45) is 22.0. The minimum absolute atomic E-state index is 0.0803. The summed E-state index contributed by atoms with van der Waals surface area (Å²) in [6, 6.07) is 0. The smallest absolute Gasteiger partial charge is 0.308 e. The van der Waals surface area contributed by atoms with Crippen molar-refractivity contribution in [3.05, 3.63) is 91.8 Å². The second kappa shape index (κ2) is 30.4. The van der Waals surface area contributed by atoms with Gasteiger partial charge in [-0.2, -0.15) is 0 Å². The van der Waals surface area contributed by atoms with E-state index in [1.54, 1.807) is 73.4 Å². The number of aromatic nitrogens is 4. The number of rotatable bonds is 25. The van der Waals surface area contributed by atoms with Gasteiger partial charge in [0.15, 0.2) is 0 Å². The van der Waals surface area contributed by atoms with Crippen molar-refractivity contribution in [2.75, 3.05) is 24.7 Å². The molecule has 77 heavy (non-hydrogen) atoms. The van der Waals surface area contributed by atoms with E-state index in [9.17, 15) is 29.4 Å². The maximum Gasteiger partial charge on any atom is 0.308 e. The molecule has 5 rings (SSSR count). The van der Waals surface area contributed by atoms with E-state index in [0.717, 1.165) is 59.7 Å². The number of fused-ring (bicyclic) bond motifs is 1. The van der Waals surface area contributed by atoms with E-state index in [2.05, 4.69) is 52.5 Å². The highest BCUT2D eigenvalue weighted by Gasteiger charge is 2.50. The molecule has 426 valence electrons. The third kappa shape index (κ3) is 19.7. The average molecular weight is 1100 g/mol. The topological polar surface area (TPSA) is 237 Å². The fraction of sp³-hybridized carbons (Fsp3) is 0.627. The van der Waals surface area contributed by atoms with Crippen molar-refractivity contribution in [3.63, 3.8) is 0 Å². The SMILES string of the molecule is C/C(=C(\CCOC(=O)C(C)C)SS/C(CCOC(=O)C(C)C)=C(/C)N(C=O)Cc1cnc(C)nc1N)N(C=O)Cc1cnc(C)nc1N.C=C1CC[C@H](O)C/C1=C/C=C1\CCC[C@]2(C)[C@@H]([C@H](C)CCCC(C)(C)O)CC[C@@H]12. The number of aliphatic hydroxyl groups is 2. The number of esters is 2. The lowest BCUT2D eigenvalue weighted by Gasteiger charge is -2.44. The molecule has 3 fully saturated rings. The quantitative estimate of drug-likeness (QED) is 0.0411. The first-order valence-corrected chi connectivity index (χ1v) is 29.6. The molecule has 0 aliphatic heterocycles. The van der Waals surface area contributed by atoms with Crippen LogP contribution in [0.4, 0.5) is 11.6 Å². The normalized spacial score (nSPS) is 21.7. The van der Waals surface area contributed by atoms with Crippen LogP contribution in [0.3, 0.4) is 0 Å². The van der Waals surface area contributed by atoms with Crippen LogP contribution in [0.15, 0.2) is 69.0 Å². The lowest BCUT2D eigenvalue weighted by atomic mass is 9.60. The number of nitrogens with two attached hydrogens (primary N) is 2. The molecule has 2 aromatic rings. The maximum absolute atomic E-state index is 12.3. The van der Waals surface area contributed by atoms with E-state index in [-0.39, 0.29) is 67.8 Å². The summed E-state index contributed by atoms with van der Waals surface area (Å²) >= 11 is 0. The van der Waals surface area contributed by atoms with Gasteiger partial charge in [0, 0.05) is 57.6 Å². The number of hydrogen-bond donors (Lipinski definition) is 4. The van der Waals surface area contributed by atoms with Crippen molar-refractivity contribution in [2.24, 2.45) is 35.0 Å². The summed E-state index contributed by atoms with van der Waals surface area (Å²) in [5.74, 6) is 2.52. The zero-order chi connectivity index (χ0) is 57.2. The number of aryl methyl sites for hydroxylation is 2. The Balaban J connectivity index is 0.000000374. The molecule has 6 N–H and O–H groups in total. The van der Waals surface area contributed by atoms with Crippen molar-refractivity contribution >= 4 is 58.0 Å². The summed E-state index contributed by atoms with van der Waals surface area (Å²) in [5, 5.41) is 20.1. The van der Waals surface area contributed by atoms with Gasteiger partial charge in [0.05, 0.1) is 49.8 Å². The molecule has 2 amide bonds. The van der Waals surface area contributed by atoms with Crippen LogP contribution in [-0.2, 0) is 41.7 Å². The molecule has 0 spiro atoms. The number of anilines is 2. The largest absolute Gasteiger partial charge is 0.465 e. The second-order valence-corrected chi connectivity index (χ2v) is 25.0. The Hall–Kier alpha value is -5.04. The number of nitrogens with zero attached hydrogens (tertiary/aromatic N) is 6. The first kappa shape index (κ1) is 64.5. The van der Waals surface area contributed by atoms with Gasteiger partial charge in [-0.25, -0.2) is 19.9 Å². The third-order valence-corrected chi connectivity index (χ3v) is 18.3. The first-order chi connectivity index (χ1) is 36.3. The standard InChI is InChI=1S/C32H46N8O6S2.C27H44O2/c1-19(2)31(43)45-11-9-27(21(5)39(17-41)15-25-13-35-23(7)37-29(25)33)47-48-28(10-12-46-32(44)20(3)4)22(6)40(18-42)16-26-14-36-24(8)38-30(26)34;1-19-10-13-23(28)18-22(19)12-11-21-9-7-17-27(5)24(14-15-25(21)27)20(2)8-6-16-26(3,4)29/h13-14,17-20H,9-12,15-16H2,1-8H3,(H2,33,35,37)(H2,34,36,38);11-12,20,23-25,28-29H,1,6-10,13-18H2,2-5H3/b27-21-,28-22-;21-11+,22-12-/t;20-,23+,24-,25+,27-/m.1/s1.